The molecule has 0 amide bonds. The van der Waals surface area contributed by atoms with Gasteiger partial charge in [-0.3, -0.25) is 4.79 Å². The predicted molar refractivity (Wildman–Crippen MR) is 43.4 cm³/mol. The molecule has 0 fully saturated rings. The van der Waals surface area contributed by atoms with Gasteiger partial charge in [-0.2, -0.15) is 0 Å². The van der Waals surface area contributed by atoms with Crippen molar-refractivity contribution in [3.05, 3.63) is 0 Å². The number of ether oxygens (including phenoxy) is 1. The summed E-state index contributed by atoms with van der Waals surface area (Å²) >= 11 is 0. The number of hydrogen-bond acceptors (Lipinski definition) is 2. The second kappa shape index (κ2) is 6.16. The topological polar surface area (TPSA) is 40.4 Å². The molecule has 0 aliphatic heterocycles. The first kappa shape index (κ1) is 10.4. The molecule has 0 spiro atoms. The zero-order chi connectivity index (χ0) is 8.69. The van der Waals surface area contributed by atoms with Crippen LogP contribution in [0.5, 0.6) is 0 Å². The number of carbonyl (C=O) groups is 1. The number of rotatable bonds is 5. The molecule has 0 aliphatic rings. The van der Waals surface area contributed by atoms with Crippen LogP contribution in [0, 0.1) is 0 Å². The lowest BCUT2D eigenvalue weighted by Crippen LogP contribution is -2.12. The van der Waals surface area contributed by atoms with Crippen molar-refractivity contribution in [3.8, 4) is 0 Å². The van der Waals surface area contributed by atoms with E-state index in [1.807, 2.05) is 13.8 Å². The third kappa shape index (κ3) is 7.33. The quantitative estimate of drug-likeness (QED) is 0.441. The Balaban J connectivity index is 3.23. The lowest BCUT2D eigenvalue weighted by molar-refractivity contribution is -0.147. The summed E-state index contributed by atoms with van der Waals surface area (Å²) in [6.45, 7) is 4.44. The van der Waals surface area contributed by atoms with E-state index in [4.69, 9.17) is 4.74 Å². The summed E-state index contributed by atoms with van der Waals surface area (Å²) in [5.74, 6) is -0.122. The molecule has 11 heavy (non-hydrogen) atoms. The first-order valence-corrected chi connectivity index (χ1v) is 3.92. The molecule has 1 radical (unpaired) electrons. The SMILES string of the molecule is C[N]CCCC(=O)OC(C)C. The minimum absolute atomic E-state index is 0.000986. The molecule has 0 aliphatic carbocycles. The highest BCUT2D eigenvalue weighted by Crippen LogP contribution is 1.95. The van der Waals surface area contributed by atoms with E-state index in [1.165, 1.54) is 0 Å². The van der Waals surface area contributed by atoms with E-state index in [-0.39, 0.29) is 12.1 Å². The summed E-state index contributed by atoms with van der Waals surface area (Å²) in [6.07, 6.45) is 1.28. The Morgan fingerprint density at radius 3 is 2.64 bits per heavy atom. The highest BCUT2D eigenvalue weighted by atomic mass is 16.5. The Kier molecular flexibility index (Phi) is 5.84. The van der Waals surface area contributed by atoms with Crippen LogP contribution in [0.1, 0.15) is 26.7 Å². The molecule has 0 aromatic carbocycles. The molecule has 0 saturated carbocycles. The van der Waals surface area contributed by atoms with Gasteiger partial charge in [-0.1, -0.05) is 0 Å². The number of nitrogens with zero attached hydrogens (tertiary/aromatic N) is 1. The second-order valence-electron chi connectivity index (χ2n) is 2.68. The van der Waals surface area contributed by atoms with Crippen LogP contribution in [0.4, 0.5) is 0 Å². The monoisotopic (exact) mass is 158 g/mol. The van der Waals surface area contributed by atoms with Crippen molar-refractivity contribution in [1.82, 2.24) is 5.32 Å². The van der Waals surface area contributed by atoms with Crippen LogP contribution in [-0.4, -0.2) is 25.7 Å². The van der Waals surface area contributed by atoms with Gasteiger partial charge in [-0.05, 0) is 20.3 Å². The van der Waals surface area contributed by atoms with E-state index >= 15 is 0 Å². The molecule has 3 heteroatoms. The van der Waals surface area contributed by atoms with Crippen LogP contribution < -0.4 is 5.32 Å². The van der Waals surface area contributed by atoms with Gasteiger partial charge in [0.15, 0.2) is 0 Å². The van der Waals surface area contributed by atoms with Gasteiger partial charge in [-0.25, -0.2) is 5.32 Å². The smallest absolute Gasteiger partial charge is 0.306 e. The van der Waals surface area contributed by atoms with Crippen LogP contribution in [0.25, 0.3) is 0 Å². The highest BCUT2D eigenvalue weighted by molar-refractivity contribution is 5.69. The average Bonchev–Trinajstić information content (AvgIpc) is 1.86. The van der Waals surface area contributed by atoms with Gasteiger partial charge in [0.1, 0.15) is 0 Å². The van der Waals surface area contributed by atoms with E-state index < -0.39 is 0 Å². The zero-order valence-corrected chi connectivity index (χ0v) is 7.46. The molecule has 0 atom stereocenters. The van der Waals surface area contributed by atoms with Crippen molar-refractivity contribution in [2.75, 3.05) is 13.6 Å². The maximum absolute atomic E-state index is 10.9. The van der Waals surface area contributed by atoms with Crippen LogP contribution in [0.2, 0.25) is 0 Å². The Morgan fingerprint density at radius 1 is 1.55 bits per heavy atom. The Labute approximate surface area is 68.1 Å². The fourth-order valence-corrected chi connectivity index (χ4v) is 0.703. The van der Waals surface area contributed by atoms with E-state index in [0.29, 0.717) is 6.42 Å². The number of hydrogen-bond donors (Lipinski definition) is 0. The normalized spacial score (nSPS) is 10.2. The van der Waals surface area contributed by atoms with E-state index in [0.717, 1.165) is 13.0 Å². The van der Waals surface area contributed by atoms with Crippen molar-refractivity contribution in [1.29, 1.82) is 0 Å². The van der Waals surface area contributed by atoms with Gasteiger partial charge in [0.05, 0.1) is 6.10 Å². The first-order chi connectivity index (χ1) is 5.16. The minimum atomic E-state index is -0.122. The van der Waals surface area contributed by atoms with Crippen molar-refractivity contribution in [2.45, 2.75) is 32.8 Å². The second-order valence-corrected chi connectivity index (χ2v) is 2.68. The molecule has 3 nitrogen and oxygen atoms in total. The maximum atomic E-state index is 10.9. The maximum Gasteiger partial charge on any atom is 0.306 e. The summed E-state index contributed by atoms with van der Waals surface area (Å²) in [4.78, 5) is 10.9. The third-order valence-electron chi connectivity index (χ3n) is 1.13. The van der Waals surface area contributed by atoms with Crippen LogP contribution in [0.15, 0.2) is 0 Å². The van der Waals surface area contributed by atoms with Gasteiger partial charge < -0.3 is 4.74 Å². The summed E-state index contributed by atoms with van der Waals surface area (Å²) < 4.78 is 4.92. The minimum Gasteiger partial charge on any atom is -0.463 e. The molecule has 0 bridgehead atoms. The summed E-state index contributed by atoms with van der Waals surface area (Å²) in [7, 11) is 1.74. The van der Waals surface area contributed by atoms with Crippen LogP contribution in [0.3, 0.4) is 0 Å². The number of carbonyl (C=O) groups excluding carboxylic acids is 1. The molecule has 65 valence electrons. The van der Waals surface area contributed by atoms with Crippen LogP contribution in [-0.2, 0) is 9.53 Å². The fraction of sp³-hybridized carbons (Fsp3) is 0.875. The largest absolute Gasteiger partial charge is 0.463 e. The Hall–Kier alpha value is -0.570. The molecule has 0 heterocycles. The molecule has 0 aromatic heterocycles. The van der Waals surface area contributed by atoms with Gasteiger partial charge in [0.25, 0.3) is 0 Å². The average molecular weight is 158 g/mol. The van der Waals surface area contributed by atoms with Crippen molar-refractivity contribution >= 4 is 5.97 Å². The molecular weight excluding hydrogens is 142 g/mol. The molecule has 0 rings (SSSR count). The van der Waals surface area contributed by atoms with E-state index in [2.05, 4.69) is 5.32 Å². The predicted octanol–water partition coefficient (Wildman–Crippen LogP) is 0.952. The lowest BCUT2D eigenvalue weighted by atomic mass is 10.3. The molecule has 0 unspecified atom stereocenters. The highest BCUT2D eigenvalue weighted by Gasteiger charge is 2.03. The molecule has 0 aromatic rings. The van der Waals surface area contributed by atoms with Crippen LogP contribution >= 0.6 is 0 Å². The summed E-state index contributed by atoms with van der Waals surface area (Å²) in [5, 5.41) is 3.88. The Bertz CT molecular complexity index is 113. The standard InChI is InChI=1S/C8H16NO2/c1-7(2)11-8(10)5-4-6-9-3/h7H,4-6H2,1-3H3. The molecule has 0 N–H and O–H groups in total. The van der Waals surface area contributed by atoms with Crippen molar-refractivity contribution in [2.24, 2.45) is 0 Å². The molecule has 0 saturated heterocycles. The van der Waals surface area contributed by atoms with Gasteiger partial charge in [0.2, 0.25) is 0 Å². The molecular formula is C8H16NO2. The van der Waals surface area contributed by atoms with Crippen molar-refractivity contribution < 1.29 is 9.53 Å². The van der Waals surface area contributed by atoms with Gasteiger partial charge in [-0.15, -0.1) is 0 Å². The van der Waals surface area contributed by atoms with E-state index in [9.17, 15) is 4.79 Å². The lowest BCUT2D eigenvalue weighted by Gasteiger charge is -2.06. The van der Waals surface area contributed by atoms with Gasteiger partial charge >= 0.3 is 5.97 Å². The van der Waals surface area contributed by atoms with Crippen molar-refractivity contribution in [3.63, 3.8) is 0 Å². The van der Waals surface area contributed by atoms with E-state index in [1.54, 1.807) is 7.05 Å². The number of esters is 1. The fourth-order valence-electron chi connectivity index (χ4n) is 0.703. The first-order valence-electron chi connectivity index (χ1n) is 3.92. The third-order valence-corrected chi connectivity index (χ3v) is 1.13. The summed E-state index contributed by atoms with van der Waals surface area (Å²) in [6, 6.07) is 0. The summed E-state index contributed by atoms with van der Waals surface area (Å²) in [5.41, 5.74) is 0. The Morgan fingerprint density at radius 2 is 2.18 bits per heavy atom. The zero-order valence-electron chi connectivity index (χ0n) is 7.46. The van der Waals surface area contributed by atoms with Gasteiger partial charge in [0, 0.05) is 20.0 Å².